The summed E-state index contributed by atoms with van der Waals surface area (Å²) >= 11 is 1.61. The van der Waals surface area contributed by atoms with E-state index in [1.165, 1.54) is 6.42 Å². The SMILES string of the molecule is CC(C)OC(=N)c1c(-c2ccc(C(=O)N3CC4CNCC4C3)cc2)cc(C=O)nc1NC1CCCCC1.CNSC. The highest BCUT2D eigenvalue weighted by Gasteiger charge is 2.38. The molecule has 2 unspecified atom stereocenters. The van der Waals surface area contributed by atoms with Crippen molar-refractivity contribution >= 4 is 35.9 Å². The third-order valence-corrected chi connectivity index (χ3v) is 8.42. The topological polar surface area (TPSA) is 119 Å². The van der Waals surface area contributed by atoms with E-state index in [0.717, 1.165) is 63.7 Å². The van der Waals surface area contributed by atoms with E-state index in [9.17, 15) is 9.59 Å². The summed E-state index contributed by atoms with van der Waals surface area (Å²) in [5.41, 5.74) is 3.00. The van der Waals surface area contributed by atoms with Crippen molar-refractivity contribution in [2.45, 2.75) is 58.1 Å². The van der Waals surface area contributed by atoms with Crippen molar-refractivity contribution in [1.29, 1.82) is 5.41 Å². The number of fused-ring (bicyclic) bond motifs is 1. The lowest BCUT2D eigenvalue weighted by Crippen LogP contribution is -2.31. The van der Waals surface area contributed by atoms with Gasteiger partial charge in [0, 0.05) is 43.3 Å². The molecule has 4 N–H and O–H groups in total. The molecule has 0 radical (unpaired) electrons. The van der Waals surface area contributed by atoms with Crippen molar-refractivity contribution in [3.8, 4) is 11.1 Å². The summed E-state index contributed by atoms with van der Waals surface area (Å²) in [4.78, 5) is 31.5. The second-order valence-corrected chi connectivity index (χ2v) is 12.1. The van der Waals surface area contributed by atoms with Crippen LogP contribution in [0.3, 0.4) is 0 Å². The van der Waals surface area contributed by atoms with Gasteiger partial charge in [-0.1, -0.05) is 43.3 Å². The highest BCUT2D eigenvalue weighted by molar-refractivity contribution is 7.96. The van der Waals surface area contributed by atoms with Gasteiger partial charge in [-0.2, -0.15) is 0 Å². The fourth-order valence-corrected chi connectivity index (χ4v) is 5.92. The molecule has 1 aliphatic carbocycles. The van der Waals surface area contributed by atoms with Crippen LogP contribution in [0.1, 0.15) is 72.4 Å². The fraction of sp³-hybridized carbons (Fsp3) is 0.548. The van der Waals surface area contributed by atoms with Gasteiger partial charge in [0.2, 0.25) is 5.90 Å². The summed E-state index contributed by atoms with van der Waals surface area (Å²) in [7, 11) is 1.89. The number of nitrogens with one attached hydrogen (secondary N) is 4. The Kier molecular flexibility index (Phi) is 11.2. The first kappa shape index (κ1) is 31.0. The molecule has 2 atom stereocenters. The van der Waals surface area contributed by atoms with Gasteiger partial charge in [-0.3, -0.25) is 19.7 Å². The zero-order chi connectivity index (χ0) is 29.4. The minimum Gasteiger partial charge on any atom is -0.475 e. The van der Waals surface area contributed by atoms with Crippen molar-refractivity contribution in [2.24, 2.45) is 11.8 Å². The van der Waals surface area contributed by atoms with E-state index in [4.69, 9.17) is 10.1 Å². The molecule has 222 valence electrons. The number of hydrogen-bond donors (Lipinski definition) is 4. The minimum atomic E-state index is -0.177. The van der Waals surface area contributed by atoms with Gasteiger partial charge in [0.15, 0.2) is 6.29 Å². The van der Waals surface area contributed by atoms with Crippen LogP contribution < -0.4 is 15.4 Å². The number of anilines is 1. The molecule has 2 aliphatic heterocycles. The summed E-state index contributed by atoms with van der Waals surface area (Å²) in [5, 5.41) is 15.7. The molecule has 9 nitrogen and oxygen atoms in total. The molecule has 1 amide bonds. The minimum absolute atomic E-state index is 0.0191. The second kappa shape index (κ2) is 14.8. The van der Waals surface area contributed by atoms with E-state index in [2.05, 4.69) is 20.3 Å². The number of amides is 1. The molecule has 3 aliphatic rings. The van der Waals surface area contributed by atoms with Gasteiger partial charge < -0.3 is 20.3 Å². The van der Waals surface area contributed by atoms with E-state index >= 15 is 0 Å². The summed E-state index contributed by atoms with van der Waals surface area (Å²) in [6.45, 7) is 7.35. The average molecular weight is 581 g/mol. The van der Waals surface area contributed by atoms with Crippen LogP contribution in [0.4, 0.5) is 5.82 Å². The Morgan fingerprint density at radius 2 is 1.78 bits per heavy atom. The number of ether oxygens (including phenoxy) is 1. The van der Waals surface area contributed by atoms with E-state index in [0.29, 0.717) is 40.0 Å². The van der Waals surface area contributed by atoms with Crippen LogP contribution >= 0.6 is 11.9 Å². The Balaban J connectivity index is 0.000000909. The summed E-state index contributed by atoms with van der Waals surface area (Å²) < 4.78 is 8.66. The van der Waals surface area contributed by atoms with Crippen molar-refractivity contribution in [1.82, 2.24) is 19.9 Å². The molecule has 1 aromatic carbocycles. The quantitative estimate of drug-likeness (QED) is 0.152. The van der Waals surface area contributed by atoms with E-state index in [1.54, 1.807) is 18.0 Å². The molecule has 2 saturated heterocycles. The lowest BCUT2D eigenvalue weighted by molar-refractivity contribution is 0.0781. The molecule has 2 aromatic rings. The van der Waals surface area contributed by atoms with Gasteiger partial charge in [-0.05, 0) is 75.6 Å². The summed E-state index contributed by atoms with van der Waals surface area (Å²) in [6.07, 6.45) is 8.14. The Morgan fingerprint density at radius 1 is 1.15 bits per heavy atom. The van der Waals surface area contributed by atoms with Crippen molar-refractivity contribution in [2.75, 3.05) is 44.8 Å². The fourth-order valence-electron chi connectivity index (χ4n) is 5.92. The van der Waals surface area contributed by atoms with Crippen LogP contribution in [-0.2, 0) is 4.74 Å². The van der Waals surface area contributed by atoms with E-state index < -0.39 is 0 Å². The highest BCUT2D eigenvalue weighted by atomic mass is 32.2. The normalized spacial score (nSPS) is 20.3. The number of likely N-dealkylation sites (tertiary alicyclic amines) is 1. The van der Waals surface area contributed by atoms with Gasteiger partial charge >= 0.3 is 0 Å². The first-order valence-electron chi connectivity index (χ1n) is 14.7. The number of carbonyl (C=O) groups excluding carboxylic acids is 2. The summed E-state index contributed by atoms with van der Waals surface area (Å²) in [6, 6.07) is 9.43. The number of hydrogen-bond acceptors (Lipinski definition) is 9. The predicted molar refractivity (Wildman–Crippen MR) is 167 cm³/mol. The van der Waals surface area contributed by atoms with Crippen LogP contribution in [-0.4, -0.2) is 79.6 Å². The van der Waals surface area contributed by atoms with E-state index in [-0.39, 0.29) is 24.0 Å². The standard InChI is InChI=1S/C29H37N5O3.C2H7NS/c1-18(2)37-27(30)26-25(12-24(17-35)33-28(26)32-23-6-4-3-5-7-23)19-8-10-20(11-9-19)29(36)34-15-21-13-31-14-22(21)16-34;1-3-4-2/h8-12,17-18,21-23,30-31H,3-7,13-16H2,1-2H3,(H,32,33);3H,1-2H3. The monoisotopic (exact) mass is 580 g/mol. The smallest absolute Gasteiger partial charge is 0.253 e. The zero-order valence-corrected chi connectivity index (χ0v) is 25.5. The first-order chi connectivity index (χ1) is 19.8. The van der Waals surface area contributed by atoms with Crippen molar-refractivity contribution in [3.05, 3.63) is 47.2 Å². The lowest BCUT2D eigenvalue weighted by atomic mass is 9.94. The number of aromatic nitrogens is 1. The maximum absolute atomic E-state index is 13.2. The number of aldehydes is 1. The van der Waals surface area contributed by atoms with Crippen LogP contribution in [0.25, 0.3) is 11.1 Å². The third-order valence-electron chi connectivity index (χ3n) is 8.01. The largest absolute Gasteiger partial charge is 0.475 e. The molecule has 3 fully saturated rings. The van der Waals surface area contributed by atoms with Crippen LogP contribution in [0, 0.1) is 17.2 Å². The number of rotatable bonds is 8. The Labute approximate surface area is 248 Å². The Hall–Kier alpha value is -2.95. The number of benzene rings is 1. The predicted octanol–water partition coefficient (Wildman–Crippen LogP) is 4.83. The maximum atomic E-state index is 13.2. The third kappa shape index (κ3) is 7.87. The van der Waals surface area contributed by atoms with Gasteiger partial charge in [0.25, 0.3) is 5.91 Å². The van der Waals surface area contributed by atoms with Crippen LogP contribution in [0.15, 0.2) is 30.3 Å². The summed E-state index contributed by atoms with van der Waals surface area (Å²) in [5.74, 6) is 1.68. The molecule has 1 aromatic heterocycles. The number of carbonyl (C=O) groups is 2. The number of pyridine rings is 1. The molecular weight excluding hydrogens is 536 g/mol. The first-order valence-corrected chi connectivity index (χ1v) is 15.9. The Morgan fingerprint density at radius 3 is 2.34 bits per heavy atom. The van der Waals surface area contributed by atoms with Crippen molar-refractivity contribution in [3.63, 3.8) is 0 Å². The molecule has 3 heterocycles. The molecule has 41 heavy (non-hydrogen) atoms. The zero-order valence-electron chi connectivity index (χ0n) is 24.7. The molecule has 10 heteroatoms. The number of nitrogens with zero attached hydrogens (tertiary/aromatic N) is 2. The van der Waals surface area contributed by atoms with E-state index in [1.807, 2.05) is 56.3 Å². The Bertz CT molecular complexity index is 1190. The molecular formula is C31H44N6O3S. The van der Waals surface area contributed by atoms with Gasteiger partial charge in [-0.15, -0.1) is 0 Å². The van der Waals surface area contributed by atoms with Crippen LogP contribution in [0.2, 0.25) is 0 Å². The average Bonchev–Trinajstić information content (AvgIpc) is 3.60. The van der Waals surface area contributed by atoms with Gasteiger partial charge in [-0.25, -0.2) is 4.98 Å². The van der Waals surface area contributed by atoms with Gasteiger partial charge in [0.05, 0.1) is 11.7 Å². The molecule has 5 rings (SSSR count). The highest BCUT2D eigenvalue weighted by Crippen LogP contribution is 2.33. The van der Waals surface area contributed by atoms with Gasteiger partial charge in [0.1, 0.15) is 11.5 Å². The molecule has 1 saturated carbocycles. The maximum Gasteiger partial charge on any atom is 0.253 e. The van der Waals surface area contributed by atoms with Crippen molar-refractivity contribution < 1.29 is 14.3 Å². The molecule has 0 spiro atoms. The molecule has 0 bridgehead atoms. The second-order valence-electron chi connectivity index (χ2n) is 11.3. The lowest BCUT2D eigenvalue weighted by Gasteiger charge is -2.26. The van der Waals surface area contributed by atoms with Crippen LogP contribution in [0.5, 0.6) is 0 Å².